The number of nitrogens with zero attached hydrogens (tertiary/aromatic N) is 2. The van der Waals surface area contributed by atoms with Gasteiger partial charge in [0.2, 0.25) is 5.52 Å². The summed E-state index contributed by atoms with van der Waals surface area (Å²) in [7, 11) is 2.19. The van der Waals surface area contributed by atoms with Crippen molar-refractivity contribution in [3.63, 3.8) is 0 Å². The minimum absolute atomic E-state index is 0.462. The van der Waals surface area contributed by atoms with Crippen LogP contribution in [-0.4, -0.2) is 4.40 Å². The fourth-order valence-corrected chi connectivity index (χ4v) is 5.84. The summed E-state index contributed by atoms with van der Waals surface area (Å²) >= 11 is 0. The number of hydrogen-bond acceptors (Lipinski definition) is 0. The lowest BCUT2D eigenvalue weighted by molar-refractivity contribution is -0.643. The van der Waals surface area contributed by atoms with E-state index in [0.29, 0.717) is 5.92 Å². The number of hydrogen-bond donors (Lipinski definition) is 0. The van der Waals surface area contributed by atoms with Crippen LogP contribution >= 0.6 is 0 Å². The molecular weight excluding hydrogens is 376 g/mol. The summed E-state index contributed by atoms with van der Waals surface area (Å²) in [5.74, 6) is 0.462. The molecule has 0 aliphatic rings. The van der Waals surface area contributed by atoms with Crippen LogP contribution < -0.4 is 4.57 Å². The van der Waals surface area contributed by atoms with Crippen molar-refractivity contribution in [2.45, 2.75) is 47.5 Å². The monoisotopic (exact) mass is 405 g/mol. The summed E-state index contributed by atoms with van der Waals surface area (Å²) in [6.45, 7) is 13.6. The average Bonchev–Trinajstić information content (AvgIpc) is 3.05. The van der Waals surface area contributed by atoms with Crippen molar-refractivity contribution in [1.29, 1.82) is 0 Å². The fraction of sp³-hybridized carbons (Fsp3) is 0.276. The number of benzene rings is 3. The lowest BCUT2D eigenvalue weighted by Crippen LogP contribution is -2.29. The molecule has 0 atom stereocenters. The van der Waals surface area contributed by atoms with E-state index in [1.807, 2.05) is 0 Å². The normalized spacial score (nSPS) is 12.6. The molecule has 0 aliphatic carbocycles. The molecule has 2 nitrogen and oxygen atoms in total. The molecule has 0 N–H and O–H groups in total. The highest BCUT2D eigenvalue weighted by Crippen LogP contribution is 2.45. The molecule has 6 rings (SSSR count). The third-order valence-electron chi connectivity index (χ3n) is 7.41. The minimum Gasteiger partial charge on any atom is -0.307 e. The van der Waals surface area contributed by atoms with Crippen LogP contribution in [0.1, 0.15) is 47.6 Å². The number of fused-ring (bicyclic) bond motifs is 6. The molecule has 3 heterocycles. The van der Waals surface area contributed by atoms with E-state index in [-0.39, 0.29) is 0 Å². The van der Waals surface area contributed by atoms with Gasteiger partial charge in [-0.2, -0.15) is 0 Å². The Morgan fingerprint density at radius 3 is 2.32 bits per heavy atom. The van der Waals surface area contributed by atoms with Gasteiger partial charge in [0, 0.05) is 16.8 Å². The molecule has 3 aromatic carbocycles. The topological polar surface area (TPSA) is 8.29 Å². The molecule has 0 saturated heterocycles. The zero-order valence-corrected chi connectivity index (χ0v) is 19.5. The maximum atomic E-state index is 2.58. The van der Waals surface area contributed by atoms with E-state index >= 15 is 0 Å². The molecule has 0 saturated carbocycles. The highest BCUT2D eigenvalue weighted by molar-refractivity contribution is 6.28. The summed E-state index contributed by atoms with van der Waals surface area (Å²) in [5, 5.41) is 6.91. The third-order valence-corrected chi connectivity index (χ3v) is 7.41. The van der Waals surface area contributed by atoms with Crippen molar-refractivity contribution in [3.05, 3.63) is 70.4 Å². The van der Waals surface area contributed by atoms with Crippen LogP contribution in [0.5, 0.6) is 0 Å². The van der Waals surface area contributed by atoms with Gasteiger partial charge in [-0.05, 0) is 78.9 Å². The van der Waals surface area contributed by atoms with Crippen molar-refractivity contribution >= 4 is 49.0 Å². The number of aromatic nitrogens is 2. The molecule has 0 bridgehead atoms. The molecule has 31 heavy (non-hydrogen) atoms. The van der Waals surface area contributed by atoms with Crippen LogP contribution in [0, 0.1) is 27.7 Å². The van der Waals surface area contributed by atoms with E-state index < -0.39 is 0 Å². The second-order valence-electron chi connectivity index (χ2n) is 9.80. The van der Waals surface area contributed by atoms with Gasteiger partial charge in [-0.15, -0.1) is 0 Å². The van der Waals surface area contributed by atoms with Gasteiger partial charge in [0.05, 0.1) is 27.3 Å². The molecule has 0 amide bonds. The first-order valence-electron chi connectivity index (χ1n) is 11.3. The van der Waals surface area contributed by atoms with E-state index in [4.69, 9.17) is 0 Å². The SMILES string of the molecule is Cc1ccc2c3c(C(C)C)cc4cc[n+](C)c5c6c(C)c(C)cc(C)c6n(c2c1)c3c45. The Bertz CT molecular complexity index is 1700. The van der Waals surface area contributed by atoms with E-state index in [0.717, 1.165) is 0 Å². The molecule has 0 unspecified atom stereocenters. The van der Waals surface area contributed by atoms with Crippen molar-refractivity contribution in [2.75, 3.05) is 0 Å². The van der Waals surface area contributed by atoms with E-state index in [1.54, 1.807) is 0 Å². The number of pyridine rings is 2. The van der Waals surface area contributed by atoms with Gasteiger partial charge in [0.15, 0.2) is 6.20 Å². The lowest BCUT2D eigenvalue weighted by Gasteiger charge is -2.17. The predicted octanol–water partition coefficient (Wildman–Crippen LogP) is 7.17. The Hall–Kier alpha value is -3.13. The average molecular weight is 406 g/mol. The maximum absolute atomic E-state index is 2.58. The molecular formula is C29H29N2+. The van der Waals surface area contributed by atoms with E-state index in [2.05, 4.69) is 100 Å². The molecule has 0 spiro atoms. The summed E-state index contributed by atoms with van der Waals surface area (Å²) < 4.78 is 4.91. The van der Waals surface area contributed by atoms with Gasteiger partial charge in [0.25, 0.3) is 0 Å². The van der Waals surface area contributed by atoms with Crippen LogP contribution in [0.25, 0.3) is 49.0 Å². The fourth-order valence-electron chi connectivity index (χ4n) is 5.84. The molecule has 154 valence electrons. The second kappa shape index (κ2) is 5.97. The van der Waals surface area contributed by atoms with Gasteiger partial charge in [-0.3, -0.25) is 0 Å². The van der Waals surface area contributed by atoms with E-state index in [1.165, 1.54) is 76.8 Å². The first kappa shape index (κ1) is 18.6. The third kappa shape index (κ3) is 2.20. The van der Waals surface area contributed by atoms with E-state index in [9.17, 15) is 0 Å². The van der Waals surface area contributed by atoms with Gasteiger partial charge in [0.1, 0.15) is 7.05 Å². The number of rotatable bonds is 1. The standard InChI is InChI=1S/C29H29N2/c1-15(2)22-14-20-10-11-30(7)28-24-19(6)17(4)13-18(5)27(24)31-23-12-16(3)8-9-21(23)26(22)29(31)25(20)28/h8-15H,1-7H3/q+1. The maximum Gasteiger partial charge on any atom is 0.224 e. The Balaban J connectivity index is 2.15. The van der Waals surface area contributed by atoms with Crippen molar-refractivity contribution in [2.24, 2.45) is 7.05 Å². The predicted molar refractivity (Wildman–Crippen MR) is 133 cm³/mol. The molecule has 3 aromatic heterocycles. The largest absolute Gasteiger partial charge is 0.307 e. The first-order valence-corrected chi connectivity index (χ1v) is 11.3. The van der Waals surface area contributed by atoms with Crippen molar-refractivity contribution in [1.82, 2.24) is 4.40 Å². The summed E-state index contributed by atoms with van der Waals surface area (Å²) in [6, 6.07) is 14.1. The molecule has 0 aliphatic heterocycles. The first-order chi connectivity index (χ1) is 14.8. The van der Waals surface area contributed by atoms with Gasteiger partial charge in [-0.25, -0.2) is 4.57 Å². The molecule has 6 aromatic rings. The highest BCUT2D eigenvalue weighted by atomic mass is 15.0. The van der Waals surface area contributed by atoms with Crippen LogP contribution in [-0.2, 0) is 7.05 Å². The van der Waals surface area contributed by atoms with Crippen LogP contribution in [0.2, 0.25) is 0 Å². The van der Waals surface area contributed by atoms with Gasteiger partial charge < -0.3 is 4.40 Å². The van der Waals surface area contributed by atoms with Gasteiger partial charge >= 0.3 is 0 Å². The molecule has 0 fully saturated rings. The second-order valence-corrected chi connectivity index (χ2v) is 9.80. The Morgan fingerprint density at radius 1 is 0.806 bits per heavy atom. The van der Waals surface area contributed by atoms with Crippen LogP contribution in [0.3, 0.4) is 0 Å². The van der Waals surface area contributed by atoms with Crippen molar-refractivity contribution < 1.29 is 4.57 Å². The van der Waals surface area contributed by atoms with Crippen molar-refractivity contribution in [3.8, 4) is 0 Å². The summed E-state index contributed by atoms with van der Waals surface area (Å²) in [6.07, 6.45) is 2.23. The quantitative estimate of drug-likeness (QED) is 0.156. The lowest BCUT2D eigenvalue weighted by atomic mass is 9.91. The highest BCUT2D eigenvalue weighted by Gasteiger charge is 2.27. The van der Waals surface area contributed by atoms with Gasteiger partial charge in [-0.1, -0.05) is 32.0 Å². The summed E-state index contributed by atoms with van der Waals surface area (Å²) in [4.78, 5) is 0. The zero-order chi connectivity index (χ0) is 21.8. The molecule has 0 radical (unpaired) electrons. The zero-order valence-electron chi connectivity index (χ0n) is 19.5. The molecule has 2 heteroatoms. The summed E-state index contributed by atoms with van der Waals surface area (Å²) in [5.41, 5.74) is 12.2. The smallest absolute Gasteiger partial charge is 0.224 e. The van der Waals surface area contributed by atoms with Crippen LogP contribution in [0.4, 0.5) is 0 Å². The Kier molecular flexibility index (Phi) is 3.59. The minimum atomic E-state index is 0.462. The Labute approximate surface area is 183 Å². The Morgan fingerprint density at radius 2 is 1.58 bits per heavy atom. The number of aryl methyl sites for hydroxylation is 5. The van der Waals surface area contributed by atoms with Crippen LogP contribution in [0.15, 0.2) is 42.6 Å².